The molecule has 0 saturated carbocycles. The Bertz CT molecular complexity index is 554. The van der Waals surface area contributed by atoms with Crippen molar-refractivity contribution in [3.8, 4) is 0 Å². The van der Waals surface area contributed by atoms with Gasteiger partial charge in [-0.05, 0) is 18.1 Å². The smallest absolute Gasteiger partial charge is 0.242 e. The summed E-state index contributed by atoms with van der Waals surface area (Å²) in [7, 11) is 0. The molecule has 1 fully saturated rings. The molecular weight excluding hydrogens is 316 g/mol. The molecule has 0 bridgehead atoms. The summed E-state index contributed by atoms with van der Waals surface area (Å²) in [6, 6.07) is 9.99. The summed E-state index contributed by atoms with van der Waals surface area (Å²) in [6.45, 7) is 10.7. The molecule has 2 amide bonds. The molecule has 1 atom stereocenters. The van der Waals surface area contributed by atoms with Crippen molar-refractivity contribution >= 4 is 17.5 Å². The van der Waals surface area contributed by atoms with Crippen molar-refractivity contribution in [3.05, 3.63) is 30.3 Å². The van der Waals surface area contributed by atoms with Crippen LogP contribution in [0.1, 0.15) is 20.8 Å². The van der Waals surface area contributed by atoms with Crippen molar-refractivity contribution in [2.45, 2.75) is 26.8 Å². The molecule has 138 valence electrons. The number of carbonyl (C=O) groups is 2. The lowest BCUT2D eigenvalue weighted by molar-refractivity contribution is -0.129. The first kappa shape index (κ1) is 19.2. The van der Waals surface area contributed by atoms with Crippen molar-refractivity contribution in [1.29, 1.82) is 0 Å². The maximum atomic E-state index is 12.2. The molecule has 0 aromatic heterocycles. The van der Waals surface area contributed by atoms with E-state index in [9.17, 15) is 9.59 Å². The molecule has 6 heteroatoms. The minimum absolute atomic E-state index is 0.0679. The second kappa shape index (κ2) is 9.42. The van der Waals surface area contributed by atoms with Crippen LogP contribution in [0.5, 0.6) is 0 Å². The number of anilines is 1. The fraction of sp³-hybridized carbons (Fsp3) is 0.579. The topological polar surface area (TPSA) is 64.7 Å². The third-order valence-corrected chi connectivity index (χ3v) is 4.53. The Morgan fingerprint density at radius 3 is 2.28 bits per heavy atom. The zero-order valence-electron chi connectivity index (χ0n) is 15.5. The first-order chi connectivity index (χ1) is 12.0. The summed E-state index contributed by atoms with van der Waals surface area (Å²) >= 11 is 0. The predicted molar refractivity (Wildman–Crippen MR) is 101 cm³/mol. The summed E-state index contributed by atoms with van der Waals surface area (Å²) in [4.78, 5) is 28.2. The summed E-state index contributed by atoms with van der Waals surface area (Å²) < 4.78 is 0. The van der Waals surface area contributed by atoms with E-state index in [2.05, 4.69) is 44.7 Å². The maximum Gasteiger partial charge on any atom is 0.242 e. The highest BCUT2D eigenvalue weighted by atomic mass is 16.2. The number of nitrogens with one attached hydrogen (secondary N) is 2. The third kappa shape index (κ3) is 6.05. The van der Waals surface area contributed by atoms with E-state index in [4.69, 9.17) is 0 Å². The molecule has 1 aliphatic rings. The van der Waals surface area contributed by atoms with Crippen LogP contribution in [-0.2, 0) is 9.59 Å². The Labute approximate surface area is 150 Å². The summed E-state index contributed by atoms with van der Waals surface area (Å²) in [5.41, 5.74) is 1.27. The third-order valence-electron chi connectivity index (χ3n) is 4.53. The minimum Gasteiger partial charge on any atom is -0.369 e. The van der Waals surface area contributed by atoms with Crippen molar-refractivity contribution in [1.82, 2.24) is 15.5 Å². The van der Waals surface area contributed by atoms with E-state index in [0.717, 1.165) is 32.7 Å². The van der Waals surface area contributed by atoms with Crippen LogP contribution in [0.2, 0.25) is 0 Å². The van der Waals surface area contributed by atoms with Crippen LogP contribution >= 0.6 is 0 Å². The lowest BCUT2D eigenvalue weighted by Crippen LogP contribution is -2.52. The molecule has 1 unspecified atom stereocenters. The summed E-state index contributed by atoms with van der Waals surface area (Å²) in [5.74, 6) is -0.211. The number of carbonyl (C=O) groups excluding carboxylic acids is 2. The molecular formula is C19H30N4O2. The van der Waals surface area contributed by atoms with Crippen LogP contribution < -0.4 is 15.5 Å². The highest BCUT2D eigenvalue weighted by Crippen LogP contribution is 2.15. The van der Waals surface area contributed by atoms with Gasteiger partial charge in [0.2, 0.25) is 11.8 Å². The van der Waals surface area contributed by atoms with E-state index in [0.29, 0.717) is 6.54 Å². The largest absolute Gasteiger partial charge is 0.369 e. The number of para-hydroxylation sites is 1. The minimum atomic E-state index is -0.465. The Balaban J connectivity index is 1.70. The highest BCUT2D eigenvalue weighted by Gasteiger charge is 2.23. The van der Waals surface area contributed by atoms with Gasteiger partial charge in [0.1, 0.15) is 6.04 Å². The van der Waals surface area contributed by atoms with Crippen LogP contribution in [-0.4, -0.2) is 62.0 Å². The molecule has 2 N–H and O–H groups in total. The second-order valence-corrected chi connectivity index (χ2v) is 6.88. The molecule has 0 aliphatic carbocycles. The van der Waals surface area contributed by atoms with Crippen LogP contribution in [0, 0.1) is 5.92 Å². The predicted octanol–water partition coefficient (Wildman–Crippen LogP) is 1.09. The Morgan fingerprint density at radius 1 is 1.08 bits per heavy atom. The molecule has 1 saturated heterocycles. The van der Waals surface area contributed by atoms with Gasteiger partial charge in [-0.2, -0.15) is 0 Å². The Kier molecular flexibility index (Phi) is 7.25. The first-order valence-electron chi connectivity index (χ1n) is 9.04. The van der Waals surface area contributed by atoms with Gasteiger partial charge in [0.05, 0.1) is 0 Å². The zero-order valence-corrected chi connectivity index (χ0v) is 15.5. The molecule has 1 aromatic rings. The molecule has 1 aliphatic heterocycles. The molecule has 0 radical (unpaired) electrons. The van der Waals surface area contributed by atoms with Crippen LogP contribution in [0.4, 0.5) is 5.69 Å². The summed E-state index contributed by atoms with van der Waals surface area (Å²) in [5, 5.41) is 5.67. The van der Waals surface area contributed by atoms with E-state index < -0.39 is 6.04 Å². The van der Waals surface area contributed by atoms with Crippen molar-refractivity contribution in [3.63, 3.8) is 0 Å². The molecule has 0 spiro atoms. The highest BCUT2D eigenvalue weighted by molar-refractivity contribution is 5.87. The zero-order chi connectivity index (χ0) is 18.2. The molecule has 1 heterocycles. The van der Waals surface area contributed by atoms with E-state index in [1.54, 1.807) is 0 Å². The number of benzene rings is 1. The Morgan fingerprint density at radius 2 is 1.72 bits per heavy atom. The van der Waals surface area contributed by atoms with Gasteiger partial charge in [0.15, 0.2) is 0 Å². The van der Waals surface area contributed by atoms with Gasteiger partial charge in [-0.1, -0.05) is 32.0 Å². The normalized spacial score (nSPS) is 16.6. The molecule has 2 rings (SSSR count). The van der Waals surface area contributed by atoms with Gasteiger partial charge in [-0.3, -0.25) is 14.5 Å². The molecule has 25 heavy (non-hydrogen) atoms. The molecule has 1 aromatic carbocycles. The summed E-state index contributed by atoms with van der Waals surface area (Å²) in [6.07, 6.45) is 0. The quantitative estimate of drug-likeness (QED) is 0.776. The number of amides is 2. The first-order valence-corrected chi connectivity index (χ1v) is 9.04. The second-order valence-electron chi connectivity index (χ2n) is 6.88. The number of nitrogens with zero attached hydrogens (tertiary/aromatic N) is 2. The fourth-order valence-corrected chi connectivity index (χ4v) is 3.07. The van der Waals surface area contributed by atoms with E-state index in [1.807, 2.05) is 19.9 Å². The average molecular weight is 346 g/mol. The van der Waals surface area contributed by atoms with E-state index >= 15 is 0 Å². The lowest BCUT2D eigenvalue weighted by Gasteiger charge is -2.36. The van der Waals surface area contributed by atoms with Crippen molar-refractivity contribution in [2.24, 2.45) is 5.92 Å². The van der Waals surface area contributed by atoms with Gasteiger partial charge in [-0.15, -0.1) is 0 Å². The van der Waals surface area contributed by atoms with Crippen LogP contribution in [0.15, 0.2) is 30.3 Å². The monoisotopic (exact) mass is 346 g/mol. The number of hydrogen-bond donors (Lipinski definition) is 2. The van der Waals surface area contributed by atoms with Gasteiger partial charge < -0.3 is 15.5 Å². The number of hydrogen-bond acceptors (Lipinski definition) is 4. The van der Waals surface area contributed by atoms with E-state index in [-0.39, 0.29) is 17.7 Å². The van der Waals surface area contributed by atoms with Crippen LogP contribution in [0.3, 0.4) is 0 Å². The number of rotatable bonds is 7. The van der Waals surface area contributed by atoms with Crippen molar-refractivity contribution in [2.75, 3.05) is 44.2 Å². The number of piperazine rings is 1. The van der Waals surface area contributed by atoms with Crippen LogP contribution in [0.25, 0.3) is 0 Å². The fourth-order valence-electron chi connectivity index (χ4n) is 3.07. The van der Waals surface area contributed by atoms with Gasteiger partial charge in [0.25, 0.3) is 0 Å². The standard InChI is InChI=1S/C19H30N4O2/c1-15(2)18(21-16(3)24)19(25)20-9-10-22-11-13-23(14-12-22)17-7-5-4-6-8-17/h4-8,15,18H,9-14H2,1-3H3,(H,20,25)(H,21,24). The average Bonchev–Trinajstić information content (AvgIpc) is 2.60. The molecule has 6 nitrogen and oxygen atoms in total. The van der Waals surface area contributed by atoms with Gasteiger partial charge in [-0.25, -0.2) is 0 Å². The van der Waals surface area contributed by atoms with Gasteiger partial charge in [0, 0.05) is 51.9 Å². The van der Waals surface area contributed by atoms with Crippen molar-refractivity contribution < 1.29 is 9.59 Å². The lowest BCUT2D eigenvalue weighted by atomic mass is 10.0. The van der Waals surface area contributed by atoms with Gasteiger partial charge >= 0.3 is 0 Å². The Hall–Kier alpha value is -2.08. The SMILES string of the molecule is CC(=O)NC(C(=O)NCCN1CCN(c2ccccc2)CC1)C(C)C. The maximum absolute atomic E-state index is 12.2. The van der Waals surface area contributed by atoms with E-state index in [1.165, 1.54) is 12.6 Å².